The molecule has 0 heterocycles. The van der Waals surface area contributed by atoms with Crippen LogP contribution in [0.1, 0.15) is 5.56 Å². The molecule has 0 spiro atoms. The maximum Gasteiger partial charge on any atom is 0.416 e. The Labute approximate surface area is 146 Å². The van der Waals surface area contributed by atoms with Gasteiger partial charge < -0.3 is 4.74 Å². The second-order valence-corrected chi connectivity index (χ2v) is 7.09. The van der Waals surface area contributed by atoms with Crippen molar-refractivity contribution in [3.8, 4) is 5.75 Å². The first kappa shape index (κ1) is 18.7. The van der Waals surface area contributed by atoms with Crippen LogP contribution in [0.3, 0.4) is 0 Å². The van der Waals surface area contributed by atoms with Crippen molar-refractivity contribution in [2.24, 2.45) is 0 Å². The van der Waals surface area contributed by atoms with Crippen LogP contribution in [0.5, 0.6) is 5.75 Å². The lowest BCUT2D eigenvalue weighted by atomic mass is 10.2. The summed E-state index contributed by atoms with van der Waals surface area (Å²) in [4.78, 5) is -0.365. The predicted octanol–water partition coefficient (Wildman–Crippen LogP) is 4.82. The molecule has 0 atom stereocenters. The van der Waals surface area contributed by atoms with E-state index in [0.717, 1.165) is 18.2 Å². The smallest absolute Gasteiger partial charge is 0.416 e. The molecule has 0 aliphatic carbocycles. The number of ether oxygens (including phenoxy) is 1. The van der Waals surface area contributed by atoms with Crippen molar-refractivity contribution in [2.75, 3.05) is 11.8 Å². The number of anilines is 1. The fourth-order valence-corrected chi connectivity index (χ4v) is 3.67. The van der Waals surface area contributed by atoms with E-state index in [9.17, 15) is 21.6 Å². The Morgan fingerprint density at radius 1 is 1.08 bits per heavy atom. The molecule has 0 unspecified atom stereocenters. The van der Waals surface area contributed by atoms with Crippen LogP contribution >= 0.6 is 23.2 Å². The van der Waals surface area contributed by atoms with Gasteiger partial charge in [-0.05, 0) is 36.4 Å². The minimum absolute atomic E-state index is 0.0790. The van der Waals surface area contributed by atoms with Crippen LogP contribution in [0.2, 0.25) is 10.0 Å². The van der Waals surface area contributed by atoms with Gasteiger partial charge in [0.2, 0.25) is 0 Å². The minimum Gasteiger partial charge on any atom is -0.495 e. The fraction of sp³-hybridized carbons (Fsp3) is 0.143. The van der Waals surface area contributed by atoms with E-state index in [-0.39, 0.29) is 26.4 Å². The molecule has 0 aromatic heterocycles. The zero-order chi connectivity index (χ0) is 18.1. The summed E-state index contributed by atoms with van der Waals surface area (Å²) in [5, 5.41) is -0.0198. The molecule has 2 aromatic carbocycles. The first-order valence-electron chi connectivity index (χ1n) is 6.27. The lowest BCUT2D eigenvalue weighted by Crippen LogP contribution is -2.15. The number of halogens is 5. The maximum atomic E-state index is 12.8. The third-order valence-corrected chi connectivity index (χ3v) is 5.04. The lowest BCUT2D eigenvalue weighted by molar-refractivity contribution is -0.137. The summed E-state index contributed by atoms with van der Waals surface area (Å²) in [7, 11) is -3.07. The Kier molecular flexibility index (Phi) is 5.22. The van der Waals surface area contributed by atoms with Crippen LogP contribution < -0.4 is 9.46 Å². The number of methoxy groups -OCH3 is 1. The average Bonchev–Trinajstić information content (AvgIpc) is 2.48. The Morgan fingerprint density at radius 3 is 2.33 bits per heavy atom. The molecule has 0 fully saturated rings. The van der Waals surface area contributed by atoms with Gasteiger partial charge >= 0.3 is 6.18 Å². The highest BCUT2D eigenvalue weighted by Crippen LogP contribution is 2.36. The van der Waals surface area contributed by atoms with Crippen LogP contribution in [0, 0.1) is 0 Å². The molecule has 130 valence electrons. The second-order valence-electron chi connectivity index (χ2n) is 4.59. The molecule has 0 aliphatic rings. The molecule has 0 saturated heterocycles. The molecule has 0 bridgehead atoms. The number of nitrogens with one attached hydrogen (secondary N) is 1. The van der Waals surface area contributed by atoms with Gasteiger partial charge in [-0.25, -0.2) is 8.42 Å². The number of benzene rings is 2. The summed E-state index contributed by atoms with van der Waals surface area (Å²) in [5.41, 5.74) is -1.40. The quantitative estimate of drug-likeness (QED) is 0.801. The van der Waals surface area contributed by atoms with Gasteiger partial charge in [0.05, 0.1) is 23.4 Å². The van der Waals surface area contributed by atoms with Crippen molar-refractivity contribution in [2.45, 2.75) is 11.1 Å². The van der Waals surface area contributed by atoms with Crippen molar-refractivity contribution in [3.05, 3.63) is 52.0 Å². The van der Waals surface area contributed by atoms with Gasteiger partial charge in [0.1, 0.15) is 10.6 Å². The highest BCUT2D eigenvalue weighted by Gasteiger charge is 2.32. The van der Waals surface area contributed by atoms with Gasteiger partial charge in [-0.2, -0.15) is 13.2 Å². The fourth-order valence-electron chi connectivity index (χ4n) is 1.85. The molecule has 2 aromatic rings. The van der Waals surface area contributed by atoms with Crippen molar-refractivity contribution in [1.29, 1.82) is 0 Å². The molecule has 24 heavy (non-hydrogen) atoms. The Bertz CT molecular complexity index is 870. The molecule has 0 amide bonds. The zero-order valence-corrected chi connectivity index (χ0v) is 14.3. The Hall–Kier alpha value is -1.64. The van der Waals surface area contributed by atoms with E-state index in [1.807, 2.05) is 4.72 Å². The number of alkyl halides is 3. The topological polar surface area (TPSA) is 55.4 Å². The maximum absolute atomic E-state index is 12.8. The van der Waals surface area contributed by atoms with E-state index in [4.69, 9.17) is 27.9 Å². The van der Waals surface area contributed by atoms with Gasteiger partial charge in [0.15, 0.2) is 0 Å². The van der Waals surface area contributed by atoms with Gasteiger partial charge in [0.25, 0.3) is 10.0 Å². The van der Waals surface area contributed by atoms with Crippen LogP contribution in [-0.2, 0) is 16.2 Å². The lowest BCUT2D eigenvalue weighted by Gasteiger charge is -2.15. The summed E-state index contributed by atoms with van der Waals surface area (Å²) in [6, 6.07) is 6.17. The monoisotopic (exact) mass is 399 g/mol. The van der Waals surface area contributed by atoms with Crippen LogP contribution in [-0.4, -0.2) is 15.5 Å². The van der Waals surface area contributed by atoms with Gasteiger partial charge in [0, 0.05) is 5.02 Å². The highest BCUT2D eigenvalue weighted by molar-refractivity contribution is 7.92. The standard InChI is InChI=1S/C14H10Cl2F3NO3S/c1-23-12-5-2-8(14(17,18)19)6-11(12)20-24(21,22)13-7-9(15)3-4-10(13)16/h2-7,20H,1H3. The van der Waals surface area contributed by atoms with E-state index in [1.54, 1.807) is 0 Å². The predicted molar refractivity (Wildman–Crippen MR) is 85.3 cm³/mol. The molecule has 2 rings (SSSR count). The minimum atomic E-state index is -4.64. The second kappa shape index (κ2) is 6.70. The SMILES string of the molecule is COc1ccc(C(F)(F)F)cc1NS(=O)(=O)c1cc(Cl)ccc1Cl. The normalized spacial score (nSPS) is 12.1. The Balaban J connectivity index is 2.51. The van der Waals surface area contributed by atoms with Crippen molar-refractivity contribution in [1.82, 2.24) is 0 Å². The third-order valence-electron chi connectivity index (χ3n) is 2.95. The molecule has 0 aliphatic heterocycles. The molecular formula is C14H10Cl2F3NO3S. The molecule has 1 N–H and O–H groups in total. The third kappa shape index (κ3) is 4.06. The summed E-state index contributed by atoms with van der Waals surface area (Å²) >= 11 is 11.6. The van der Waals surface area contributed by atoms with E-state index >= 15 is 0 Å². The molecule has 0 saturated carbocycles. The highest BCUT2D eigenvalue weighted by atomic mass is 35.5. The van der Waals surface area contributed by atoms with E-state index in [2.05, 4.69) is 0 Å². The zero-order valence-electron chi connectivity index (χ0n) is 12.0. The summed E-state index contributed by atoms with van der Waals surface area (Å²) in [5.74, 6) is -0.0790. The number of sulfonamides is 1. The van der Waals surface area contributed by atoms with Crippen molar-refractivity contribution < 1.29 is 26.3 Å². The molecule has 0 radical (unpaired) electrons. The van der Waals surface area contributed by atoms with Crippen molar-refractivity contribution in [3.63, 3.8) is 0 Å². The first-order valence-corrected chi connectivity index (χ1v) is 8.51. The van der Waals surface area contributed by atoms with E-state index in [0.29, 0.717) is 6.07 Å². The first-order chi connectivity index (χ1) is 11.0. The van der Waals surface area contributed by atoms with Crippen LogP contribution in [0.4, 0.5) is 18.9 Å². The number of hydrogen-bond donors (Lipinski definition) is 1. The molecule has 10 heteroatoms. The van der Waals surface area contributed by atoms with Gasteiger partial charge in [-0.3, -0.25) is 4.72 Å². The molecule has 4 nitrogen and oxygen atoms in total. The molecular weight excluding hydrogens is 390 g/mol. The summed E-state index contributed by atoms with van der Waals surface area (Å²) in [6.45, 7) is 0. The van der Waals surface area contributed by atoms with E-state index < -0.39 is 21.8 Å². The van der Waals surface area contributed by atoms with E-state index in [1.165, 1.54) is 19.2 Å². The average molecular weight is 400 g/mol. The Morgan fingerprint density at radius 2 is 1.75 bits per heavy atom. The van der Waals surface area contributed by atoms with Crippen LogP contribution in [0.25, 0.3) is 0 Å². The summed E-state index contributed by atoms with van der Waals surface area (Å²) in [6.07, 6.45) is -4.64. The van der Waals surface area contributed by atoms with Crippen molar-refractivity contribution >= 4 is 38.9 Å². The largest absolute Gasteiger partial charge is 0.495 e. The summed E-state index contributed by atoms with van der Waals surface area (Å²) < 4.78 is 70.2. The van der Waals surface area contributed by atoms with Crippen LogP contribution in [0.15, 0.2) is 41.3 Å². The number of hydrogen-bond acceptors (Lipinski definition) is 3. The van der Waals surface area contributed by atoms with Gasteiger partial charge in [-0.1, -0.05) is 23.2 Å². The number of rotatable bonds is 4. The van der Waals surface area contributed by atoms with Gasteiger partial charge in [-0.15, -0.1) is 0 Å².